The Hall–Kier alpha value is -2.27. The third-order valence-corrected chi connectivity index (χ3v) is 6.66. The highest BCUT2D eigenvalue weighted by molar-refractivity contribution is 14.1. The van der Waals surface area contributed by atoms with E-state index in [0.29, 0.717) is 0 Å². The maximum atomic E-state index is 13.0. The predicted molar refractivity (Wildman–Crippen MR) is 120 cm³/mol. The molecule has 0 atom stereocenters. The van der Waals surface area contributed by atoms with Gasteiger partial charge in [0.15, 0.2) is 0 Å². The van der Waals surface area contributed by atoms with E-state index in [4.69, 9.17) is 9.47 Å². The van der Waals surface area contributed by atoms with Gasteiger partial charge in [0, 0.05) is 5.56 Å². The van der Waals surface area contributed by atoms with Crippen molar-refractivity contribution in [1.29, 1.82) is 0 Å². The lowest BCUT2D eigenvalue weighted by atomic mass is 10.1. The maximum Gasteiger partial charge on any atom is 0.573 e. The number of hydrogen-bond donors (Lipinski definition) is 0. The van der Waals surface area contributed by atoms with Gasteiger partial charge in [0.1, 0.15) is 29.4 Å². The van der Waals surface area contributed by atoms with Crippen molar-refractivity contribution in [3.63, 3.8) is 0 Å². The number of benzene rings is 3. The molecule has 0 aromatic heterocycles. The average molecular weight is 607 g/mol. The summed E-state index contributed by atoms with van der Waals surface area (Å²) in [4.78, 5) is 13.0. The van der Waals surface area contributed by atoms with Gasteiger partial charge in [-0.3, -0.25) is 0 Å². The van der Waals surface area contributed by atoms with Crippen molar-refractivity contribution in [2.24, 2.45) is 0 Å². The van der Waals surface area contributed by atoms with Crippen LogP contribution in [0.1, 0.15) is 21.5 Å². The van der Waals surface area contributed by atoms with E-state index in [9.17, 15) is 18.0 Å². The number of carbonyl (C=O) groups excluding carboxylic acids is 1. The summed E-state index contributed by atoms with van der Waals surface area (Å²) in [6, 6.07) is 17.4. The molecule has 0 fully saturated rings. The van der Waals surface area contributed by atoms with Gasteiger partial charge < -0.3 is 14.2 Å². The maximum absolute atomic E-state index is 13.0. The molecule has 4 nitrogen and oxygen atoms in total. The van der Waals surface area contributed by atoms with Gasteiger partial charge >= 0.3 is 12.3 Å². The minimum absolute atomic E-state index is 0.0299. The molecule has 3 aromatic rings. The van der Waals surface area contributed by atoms with Crippen LogP contribution in [0.15, 0.2) is 65.1 Å². The molecule has 0 saturated carbocycles. The summed E-state index contributed by atoms with van der Waals surface area (Å²) in [6.07, 6.45) is -4.94. The standard InChI is InChI=1S/C22H15BrF3IO4/c1-13-16(21(28)30-15-10-6-3-7-11-15)20(29-12-14-8-4-2-5-9-14)18(27)17(23)19(13)31-22(24,25)26/h2-11H,12H2,1H3. The van der Waals surface area contributed by atoms with Crippen LogP contribution >= 0.6 is 38.5 Å². The zero-order valence-corrected chi connectivity index (χ0v) is 19.7. The smallest absolute Gasteiger partial charge is 0.487 e. The molecule has 0 N–H and O–H groups in total. The van der Waals surface area contributed by atoms with E-state index in [0.717, 1.165) is 5.56 Å². The van der Waals surface area contributed by atoms with Crippen molar-refractivity contribution in [3.05, 3.63) is 85.4 Å². The fourth-order valence-electron chi connectivity index (χ4n) is 2.75. The Morgan fingerprint density at radius 2 is 1.58 bits per heavy atom. The number of alkyl halides is 3. The Morgan fingerprint density at radius 1 is 1.00 bits per heavy atom. The molecule has 0 aliphatic heterocycles. The van der Waals surface area contributed by atoms with Gasteiger partial charge in [-0.1, -0.05) is 48.5 Å². The van der Waals surface area contributed by atoms with Crippen LogP contribution in [0.25, 0.3) is 0 Å². The highest BCUT2D eigenvalue weighted by Crippen LogP contribution is 2.45. The molecule has 0 aliphatic carbocycles. The Bertz CT molecular complexity index is 1070. The van der Waals surface area contributed by atoms with Crippen LogP contribution in [-0.2, 0) is 6.61 Å². The molecule has 162 valence electrons. The summed E-state index contributed by atoms with van der Waals surface area (Å²) in [5, 5.41) is 0. The highest BCUT2D eigenvalue weighted by Gasteiger charge is 2.36. The van der Waals surface area contributed by atoms with E-state index in [2.05, 4.69) is 20.7 Å². The molecule has 0 amide bonds. The summed E-state index contributed by atoms with van der Waals surface area (Å²) < 4.78 is 54.7. The number of esters is 1. The molecule has 0 radical (unpaired) electrons. The van der Waals surface area contributed by atoms with E-state index in [1.54, 1.807) is 52.9 Å². The van der Waals surface area contributed by atoms with E-state index < -0.39 is 18.1 Å². The van der Waals surface area contributed by atoms with Crippen molar-refractivity contribution in [2.75, 3.05) is 0 Å². The third kappa shape index (κ3) is 5.91. The first kappa shape index (κ1) is 23.4. The number of rotatable bonds is 6. The molecule has 0 heterocycles. The number of ether oxygens (including phenoxy) is 3. The quantitative estimate of drug-likeness (QED) is 0.171. The normalized spacial score (nSPS) is 11.2. The van der Waals surface area contributed by atoms with Crippen LogP contribution in [0.5, 0.6) is 17.2 Å². The first-order valence-electron chi connectivity index (χ1n) is 8.88. The molecule has 0 saturated heterocycles. The van der Waals surface area contributed by atoms with Crippen molar-refractivity contribution in [2.45, 2.75) is 19.9 Å². The van der Waals surface area contributed by atoms with Crippen molar-refractivity contribution >= 4 is 44.5 Å². The molecule has 3 rings (SSSR count). The summed E-state index contributed by atoms with van der Waals surface area (Å²) in [5.41, 5.74) is 0.616. The minimum atomic E-state index is -4.94. The fourth-order valence-corrected chi connectivity index (χ4v) is 3.98. The van der Waals surface area contributed by atoms with Gasteiger partial charge in [-0.25, -0.2) is 4.79 Å². The molecule has 0 bridgehead atoms. The highest BCUT2D eigenvalue weighted by atomic mass is 127. The van der Waals surface area contributed by atoms with Gasteiger partial charge in [0.2, 0.25) is 0 Å². The lowest BCUT2D eigenvalue weighted by Gasteiger charge is -2.21. The Balaban J connectivity index is 2.07. The van der Waals surface area contributed by atoms with E-state index in [1.807, 2.05) is 30.3 Å². The Kier molecular flexibility index (Phi) is 7.47. The third-order valence-electron chi connectivity index (χ3n) is 4.14. The lowest BCUT2D eigenvalue weighted by molar-refractivity contribution is -0.275. The van der Waals surface area contributed by atoms with E-state index >= 15 is 0 Å². The largest absolute Gasteiger partial charge is 0.573 e. The van der Waals surface area contributed by atoms with Gasteiger partial charge in [0.05, 0.1) is 8.04 Å². The van der Waals surface area contributed by atoms with E-state index in [-0.39, 0.29) is 37.3 Å². The van der Waals surface area contributed by atoms with Crippen LogP contribution in [-0.4, -0.2) is 12.3 Å². The number of carbonyl (C=O) groups is 1. The van der Waals surface area contributed by atoms with Gasteiger partial charge in [0.25, 0.3) is 0 Å². The van der Waals surface area contributed by atoms with Crippen molar-refractivity contribution < 1.29 is 32.2 Å². The number of halogens is 5. The van der Waals surface area contributed by atoms with E-state index in [1.165, 1.54) is 6.92 Å². The zero-order valence-electron chi connectivity index (χ0n) is 16.0. The second-order valence-corrected chi connectivity index (χ2v) is 8.18. The minimum Gasteiger partial charge on any atom is -0.487 e. The first-order chi connectivity index (χ1) is 14.7. The fraction of sp³-hybridized carbons (Fsp3) is 0.136. The summed E-state index contributed by atoms with van der Waals surface area (Å²) >= 11 is 4.95. The molecule has 31 heavy (non-hydrogen) atoms. The van der Waals surface area contributed by atoms with Gasteiger partial charge in [-0.05, 0) is 63.1 Å². The predicted octanol–water partition coefficient (Wildman–Crippen LogP) is 7.06. The van der Waals surface area contributed by atoms with Crippen LogP contribution in [0, 0.1) is 10.5 Å². The monoisotopic (exact) mass is 606 g/mol. The first-order valence-corrected chi connectivity index (χ1v) is 10.8. The molecule has 0 spiro atoms. The van der Waals surface area contributed by atoms with Crippen LogP contribution in [0.3, 0.4) is 0 Å². The molecule has 0 unspecified atom stereocenters. The van der Waals surface area contributed by atoms with Crippen LogP contribution in [0.2, 0.25) is 0 Å². The molecule has 9 heteroatoms. The molecular formula is C22H15BrF3IO4. The van der Waals surface area contributed by atoms with Crippen molar-refractivity contribution in [3.8, 4) is 17.2 Å². The molecular weight excluding hydrogens is 592 g/mol. The second kappa shape index (κ2) is 9.90. The topological polar surface area (TPSA) is 44.8 Å². The van der Waals surface area contributed by atoms with Gasteiger partial charge in [-0.15, -0.1) is 13.2 Å². The molecule has 0 aliphatic rings. The summed E-state index contributed by atoms with van der Waals surface area (Å²) in [6.45, 7) is 1.45. The summed E-state index contributed by atoms with van der Waals surface area (Å²) in [5.74, 6) is -1.03. The van der Waals surface area contributed by atoms with Crippen LogP contribution < -0.4 is 14.2 Å². The lowest BCUT2D eigenvalue weighted by Crippen LogP contribution is -2.21. The van der Waals surface area contributed by atoms with Crippen molar-refractivity contribution in [1.82, 2.24) is 0 Å². The van der Waals surface area contributed by atoms with Gasteiger partial charge in [-0.2, -0.15) is 0 Å². The van der Waals surface area contributed by atoms with Crippen LogP contribution in [0.4, 0.5) is 13.2 Å². The number of hydrogen-bond acceptors (Lipinski definition) is 4. The second-order valence-electron chi connectivity index (χ2n) is 6.31. The number of para-hydroxylation sites is 1. The zero-order chi connectivity index (χ0) is 22.6. The summed E-state index contributed by atoms with van der Waals surface area (Å²) in [7, 11) is 0. The Morgan fingerprint density at radius 3 is 2.16 bits per heavy atom. The SMILES string of the molecule is Cc1c(OC(F)(F)F)c(Br)c(I)c(OCc2ccccc2)c1C(=O)Oc1ccccc1. The molecule has 3 aromatic carbocycles. The Labute approximate surface area is 198 Å². The average Bonchev–Trinajstić information content (AvgIpc) is 2.73.